The monoisotopic (exact) mass is 1280 g/mol. The molecule has 0 N–H and O–H groups in total. The Morgan fingerprint density at radius 1 is 0.378 bits per heavy atom. The van der Waals surface area contributed by atoms with Gasteiger partial charge in [0.1, 0.15) is 0 Å². The van der Waals surface area contributed by atoms with Crippen LogP contribution < -0.4 is 0 Å². The summed E-state index contributed by atoms with van der Waals surface area (Å²) in [5.74, 6) is 87.5. The predicted molar refractivity (Wildman–Crippen MR) is 283 cm³/mol. The van der Waals surface area contributed by atoms with E-state index in [1.54, 1.807) is 0 Å². The number of hydrogen-bond acceptors (Lipinski definition) is 4. The van der Waals surface area contributed by atoms with E-state index in [2.05, 4.69) is 266 Å². The van der Waals surface area contributed by atoms with Gasteiger partial charge in [0.2, 0.25) is 0 Å². The topological polar surface area (TPSA) is 60.4 Å². The van der Waals surface area contributed by atoms with E-state index in [9.17, 15) is 0 Å². The first-order chi connectivity index (χ1) is 35.8. The van der Waals surface area contributed by atoms with Gasteiger partial charge in [-0.25, -0.2) is 5.92 Å². The standard InChI is InChI=1S/C38H.C14H9N3.C14H8N3.2Ir/c1-3-5-7-9-11-13-15-17-19-21-23-25-27-29-31-33-35-37-38-36-34-32-30-28-26-24-22-20-18-16-14-12-10-8-6-4-2;2*1-3-10-11-9-15-7-5-12(11)17-8-2-4-13(17)14(10)16-6-1;;/h1H;1-9H;1-3,5-9H;;/q-1;;-1;;. The van der Waals surface area contributed by atoms with Crippen LogP contribution in [0, 0.1) is 232 Å². The van der Waals surface area contributed by atoms with Crippen molar-refractivity contribution in [3.63, 3.8) is 0 Å². The van der Waals surface area contributed by atoms with Crippen molar-refractivity contribution < 1.29 is 40.2 Å². The van der Waals surface area contributed by atoms with Gasteiger partial charge in [0.25, 0.3) is 0 Å². The summed E-state index contributed by atoms with van der Waals surface area (Å²) in [7, 11) is 0. The first-order valence-corrected chi connectivity index (χ1v) is 20.3. The zero-order valence-electron chi connectivity index (χ0n) is 37.7. The normalized spacial score (nSPS) is 7.27. The molecule has 8 rings (SSSR count). The van der Waals surface area contributed by atoms with Crippen molar-refractivity contribution in [2.75, 3.05) is 0 Å². The summed E-state index contributed by atoms with van der Waals surface area (Å²) in [4.78, 5) is 17.4. The average Bonchev–Trinajstić information content (AvgIpc) is 4.14. The summed E-state index contributed by atoms with van der Waals surface area (Å²) in [5, 5.41) is 4.53. The van der Waals surface area contributed by atoms with Crippen molar-refractivity contribution in [1.82, 2.24) is 28.7 Å². The zero-order valence-corrected chi connectivity index (χ0v) is 42.5. The van der Waals surface area contributed by atoms with Crippen LogP contribution in [0.1, 0.15) is 0 Å². The molecule has 0 aromatic carbocycles. The molecule has 0 saturated carbocycles. The fourth-order valence-corrected chi connectivity index (χ4v) is 5.82. The Morgan fingerprint density at radius 3 is 1.18 bits per heavy atom. The van der Waals surface area contributed by atoms with E-state index in [0.29, 0.717) is 0 Å². The Morgan fingerprint density at radius 2 is 0.757 bits per heavy atom. The van der Waals surface area contributed by atoms with Crippen LogP contribution >= 0.6 is 0 Å². The van der Waals surface area contributed by atoms with E-state index < -0.39 is 0 Å². The summed E-state index contributed by atoms with van der Waals surface area (Å²) in [6, 6.07) is 21.4. The molecule has 8 heterocycles. The molecule has 74 heavy (non-hydrogen) atoms. The van der Waals surface area contributed by atoms with Gasteiger partial charge in [-0.15, -0.1) is 12.3 Å². The van der Waals surface area contributed by atoms with Gasteiger partial charge in [-0.1, -0.05) is 23.8 Å². The SMILES string of the molecule is [C-]#CC#CC#CC#CC#CC#CC#CC#CC#CC#CC#CC#CC#CC#CC#CC#CC#CC#CC#C.[Ir].[Ir].[c-]1ccn2c1c1ncccc1c1cnccc12.c1cnc2c(c1)c1cnccc1n1cccc21. The maximum Gasteiger partial charge on any atom is 0.0949 e. The molecule has 0 fully saturated rings. The van der Waals surface area contributed by atoms with Crippen molar-refractivity contribution >= 4 is 54.6 Å². The number of hydrogen-bond donors (Lipinski definition) is 0. The van der Waals surface area contributed by atoms with Crippen LogP contribution in [0.3, 0.4) is 0 Å². The third-order valence-electron chi connectivity index (χ3n) is 8.41. The molecule has 0 aliphatic rings. The Kier molecular flexibility index (Phi) is 24.2. The molecule has 8 aromatic heterocycles. The molecule has 0 unspecified atom stereocenters. The molecule has 8 heteroatoms. The van der Waals surface area contributed by atoms with E-state index in [0.717, 1.165) is 49.1 Å². The molecule has 332 valence electrons. The predicted octanol–water partition coefficient (Wildman–Crippen LogP) is 6.13. The number of pyridine rings is 6. The first-order valence-electron chi connectivity index (χ1n) is 20.3. The van der Waals surface area contributed by atoms with E-state index in [1.807, 2.05) is 85.7 Å². The van der Waals surface area contributed by atoms with Gasteiger partial charge in [-0.2, -0.15) is 12.1 Å². The Bertz CT molecular complexity index is 4340. The molecular formula is C66H18Ir2N6-2. The molecule has 0 aliphatic carbocycles. The maximum atomic E-state index is 6.55. The minimum absolute atomic E-state index is 0. The minimum atomic E-state index is 0. The third-order valence-corrected chi connectivity index (χ3v) is 8.41. The second-order valence-corrected chi connectivity index (χ2v) is 12.5. The van der Waals surface area contributed by atoms with Crippen LogP contribution in [-0.2, 0) is 40.2 Å². The van der Waals surface area contributed by atoms with Gasteiger partial charge in [0, 0.05) is 206 Å². The van der Waals surface area contributed by atoms with Crippen molar-refractivity contribution in [2.24, 2.45) is 0 Å². The number of rotatable bonds is 0. The Balaban J connectivity index is 0.000000266. The molecule has 0 aliphatic heterocycles. The van der Waals surface area contributed by atoms with Crippen molar-refractivity contribution in [3.8, 4) is 220 Å². The van der Waals surface area contributed by atoms with Gasteiger partial charge < -0.3 is 20.2 Å². The number of nitrogens with zero attached hydrogens (tertiary/aromatic N) is 6. The van der Waals surface area contributed by atoms with Crippen LogP contribution in [0.5, 0.6) is 0 Å². The smallest absolute Gasteiger partial charge is 0.0949 e. The van der Waals surface area contributed by atoms with Gasteiger partial charge >= 0.3 is 0 Å². The molecule has 0 spiro atoms. The summed E-state index contributed by atoms with van der Waals surface area (Å²) in [6.45, 7) is 0. The molecule has 0 saturated heterocycles. The summed E-state index contributed by atoms with van der Waals surface area (Å²) < 4.78 is 4.26. The van der Waals surface area contributed by atoms with Gasteiger partial charge in [-0.3, -0.25) is 20.9 Å². The van der Waals surface area contributed by atoms with Gasteiger partial charge in [-0.05, 0) is 142 Å². The fraction of sp³-hybridized carbons (Fsp3) is 0. The third kappa shape index (κ3) is 17.0. The molecule has 0 bridgehead atoms. The summed E-state index contributed by atoms with van der Waals surface area (Å²) >= 11 is 0. The molecule has 0 amide bonds. The van der Waals surface area contributed by atoms with E-state index in [1.165, 1.54) is 5.52 Å². The second kappa shape index (κ2) is 32.7. The van der Waals surface area contributed by atoms with Crippen LogP contribution in [0.25, 0.3) is 54.6 Å². The van der Waals surface area contributed by atoms with E-state index in [4.69, 9.17) is 12.8 Å². The quantitative estimate of drug-likeness (QED) is 0.104. The van der Waals surface area contributed by atoms with E-state index in [-0.39, 0.29) is 40.2 Å². The molecule has 8 aromatic rings. The van der Waals surface area contributed by atoms with Crippen LogP contribution in [0.15, 0.2) is 104 Å². The maximum absolute atomic E-state index is 6.55. The largest absolute Gasteiger partial charge is 0.391 e. The van der Waals surface area contributed by atoms with Crippen LogP contribution in [-0.4, -0.2) is 28.7 Å². The zero-order chi connectivity index (χ0) is 49.9. The summed E-state index contributed by atoms with van der Waals surface area (Å²) in [5.41, 5.74) is 6.45. The number of aromatic nitrogens is 6. The fourth-order valence-electron chi connectivity index (χ4n) is 5.82. The molecule has 0 atom stereocenters. The molecule has 2 radical (unpaired) electrons. The van der Waals surface area contributed by atoms with Crippen LogP contribution in [0.4, 0.5) is 0 Å². The minimum Gasteiger partial charge on any atom is -0.391 e. The Hall–Kier alpha value is -11.9. The van der Waals surface area contributed by atoms with Crippen molar-refractivity contribution in [2.45, 2.75) is 0 Å². The summed E-state index contributed by atoms with van der Waals surface area (Å²) in [6.07, 6.45) is 26.6. The van der Waals surface area contributed by atoms with Gasteiger partial charge in [0.15, 0.2) is 0 Å². The van der Waals surface area contributed by atoms with E-state index >= 15 is 0 Å². The van der Waals surface area contributed by atoms with Gasteiger partial charge in [0.05, 0.1) is 16.6 Å². The van der Waals surface area contributed by atoms with Crippen LogP contribution in [0.2, 0.25) is 0 Å². The second-order valence-electron chi connectivity index (χ2n) is 12.5. The Labute approximate surface area is 456 Å². The number of fused-ring (bicyclic) bond motifs is 12. The average molecular weight is 1280 g/mol. The first kappa shape index (κ1) is 54.7. The van der Waals surface area contributed by atoms with Crippen molar-refractivity contribution in [3.05, 3.63) is 117 Å². The number of terminal acetylenes is 1. The molecule has 6 nitrogen and oxygen atoms in total. The van der Waals surface area contributed by atoms with Crippen molar-refractivity contribution in [1.29, 1.82) is 0 Å². The molecular weight excluding hydrogens is 1260 g/mol.